The Morgan fingerprint density at radius 2 is 2.04 bits per heavy atom. The molecule has 0 saturated carbocycles. The van der Waals surface area contributed by atoms with E-state index in [1.165, 1.54) is 12.1 Å². The predicted molar refractivity (Wildman–Crippen MR) is 93.1 cm³/mol. The van der Waals surface area contributed by atoms with Gasteiger partial charge in [0.15, 0.2) is 0 Å². The molecule has 0 aliphatic heterocycles. The summed E-state index contributed by atoms with van der Waals surface area (Å²) >= 11 is 0. The molecule has 130 valence electrons. The zero-order valence-electron chi connectivity index (χ0n) is 14.2. The van der Waals surface area contributed by atoms with Gasteiger partial charge in [-0.2, -0.15) is 0 Å². The molecule has 5 nitrogen and oxygen atoms in total. The van der Waals surface area contributed by atoms with Crippen LogP contribution in [0.25, 0.3) is 11.0 Å². The van der Waals surface area contributed by atoms with Crippen LogP contribution in [0.3, 0.4) is 0 Å². The van der Waals surface area contributed by atoms with Crippen LogP contribution < -0.4 is 5.63 Å². The number of phenolic OH excluding ortho intramolecular Hbond substituents is 1. The standard InChI is InChI=1S/C19H24O5/c1-12(5-8-17(21)19(2,3)23)4-6-13-10-14-7-9-18(22)24-16(14)11-15(13)20/h4,7,9-11,17,20-21,23H,5-6,8H2,1-3H3/t17-/m0/s1. The molecule has 0 aliphatic rings. The second-order valence-electron chi connectivity index (χ2n) is 6.74. The number of allylic oxidation sites excluding steroid dienone is 2. The van der Waals surface area contributed by atoms with Crippen molar-refractivity contribution < 1.29 is 19.7 Å². The molecule has 0 radical (unpaired) electrons. The molecule has 0 fully saturated rings. The lowest BCUT2D eigenvalue weighted by Gasteiger charge is -2.24. The molecule has 1 aromatic heterocycles. The van der Waals surface area contributed by atoms with Gasteiger partial charge in [0.1, 0.15) is 11.3 Å². The highest BCUT2D eigenvalue weighted by molar-refractivity contribution is 5.79. The number of aromatic hydroxyl groups is 1. The Balaban J connectivity index is 2.07. The van der Waals surface area contributed by atoms with E-state index in [0.29, 0.717) is 24.8 Å². The number of phenols is 1. The minimum Gasteiger partial charge on any atom is -0.508 e. The van der Waals surface area contributed by atoms with Gasteiger partial charge in [-0.25, -0.2) is 4.79 Å². The number of hydrogen-bond acceptors (Lipinski definition) is 5. The average molecular weight is 332 g/mol. The molecule has 0 bridgehead atoms. The van der Waals surface area contributed by atoms with Gasteiger partial charge in [0.05, 0.1) is 11.7 Å². The minimum absolute atomic E-state index is 0.0810. The van der Waals surface area contributed by atoms with E-state index >= 15 is 0 Å². The Kier molecular flexibility index (Phi) is 5.47. The molecule has 1 atom stereocenters. The van der Waals surface area contributed by atoms with Crippen LogP contribution >= 0.6 is 0 Å². The van der Waals surface area contributed by atoms with Crippen LogP contribution in [0, 0.1) is 0 Å². The van der Waals surface area contributed by atoms with Crippen LogP contribution in [-0.4, -0.2) is 27.0 Å². The summed E-state index contributed by atoms with van der Waals surface area (Å²) in [5.74, 6) is 0.0810. The summed E-state index contributed by atoms with van der Waals surface area (Å²) in [4.78, 5) is 11.2. The smallest absolute Gasteiger partial charge is 0.336 e. The third-order valence-corrected chi connectivity index (χ3v) is 4.12. The number of fused-ring (bicyclic) bond motifs is 1. The SMILES string of the molecule is CC(=CCc1cc2ccc(=O)oc2cc1O)CC[C@H](O)C(C)(C)O. The molecule has 0 saturated heterocycles. The van der Waals surface area contributed by atoms with Crippen molar-refractivity contribution in [1.82, 2.24) is 0 Å². The lowest BCUT2D eigenvalue weighted by Crippen LogP contribution is -2.35. The predicted octanol–water partition coefficient (Wildman–Crippen LogP) is 2.90. The van der Waals surface area contributed by atoms with Gasteiger partial charge >= 0.3 is 5.63 Å². The summed E-state index contributed by atoms with van der Waals surface area (Å²) in [7, 11) is 0. The maximum Gasteiger partial charge on any atom is 0.336 e. The van der Waals surface area contributed by atoms with Crippen LogP contribution in [0.1, 0.15) is 39.2 Å². The second-order valence-corrected chi connectivity index (χ2v) is 6.74. The van der Waals surface area contributed by atoms with Gasteiger partial charge in [-0.05, 0) is 57.7 Å². The van der Waals surface area contributed by atoms with E-state index in [-0.39, 0.29) is 5.75 Å². The lowest BCUT2D eigenvalue weighted by molar-refractivity contribution is -0.0509. The molecule has 1 heterocycles. The van der Waals surface area contributed by atoms with Gasteiger partial charge in [-0.1, -0.05) is 11.6 Å². The van der Waals surface area contributed by atoms with E-state index < -0.39 is 17.3 Å². The first kappa shape index (κ1) is 18.2. The summed E-state index contributed by atoms with van der Waals surface area (Å²) in [5, 5.41) is 30.4. The molecular formula is C19H24O5. The van der Waals surface area contributed by atoms with Gasteiger partial charge in [-0.3, -0.25) is 0 Å². The molecule has 0 unspecified atom stereocenters. The van der Waals surface area contributed by atoms with Gasteiger partial charge in [0.25, 0.3) is 0 Å². The van der Waals surface area contributed by atoms with Crippen molar-refractivity contribution in [3.05, 3.63) is 51.9 Å². The monoisotopic (exact) mass is 332 g/mol. The van der Waals surface area contributed by atoms with Crippen molar-refractivity contribution in [2.45, 2.75) is 51.7 Å². The first-order chi connectivity index (χ1) is 11.2. The van der Waals surface area contributed by atoms with Crippen LogP contribution in [0.2, 0.25) is 0 Å². The fourth-order valence-corrected chi connectivity index (χ4v) is 2.42. The molecule has 0 aliphatic carbocycles. The third-order valence-electron chi connectivity index (χ3n) is 4.12. The Labute approximate surface area is 140 Å². The van der Waals surface area contributed by atoms with Gasteiger partial charge in [0, 0.05) is 17.5 Å². The van der Waals surface area contributed by atoms with E-state index in [0.717, 1.165) is 16.5 Å². The number of aliphatic hydroxyl groups excluding tert-OH is 1. The highest BCUT2D eigenvalue weighted by Gasteiger charge is 2.23. The van der Waals surface area contributed by atoms with Crippen LogP contribution in [0.4, 0.5) is 0 Å². The second kappa shape index (κ2) is 7.20. The topological polar surface area (TPSA) is 90.9 Å². The fraction of sp³-hybridized carbons (Fsp3) is 0.421. The molecule has 3 N–H and O–H groups in total. The molecule has 2 aromatic rings. The summed E-state index contributed by atoms with van der Waals surface area (Å²) in [6.07, 6.45) is 2.87. The van der Waals surface area contributed by atoms with Crippen molar-refractivity contribution in [1.29, 1.82) is 0 Å². The quantitative estimate of drug-likeness (QED) is 0.559. The molecule has 5 heteroatoms. The van der Waals surface area contributed by atoms with Crippen LogP contribution in [0.5, 0.6) is 5.75 Å². The van der Waals surface area contributed by atoms with E-state index in [4.69, 9.17) is 4.42 Å². The average Bonchev–Trinajstić information content (AvgIpc) is 2.49. The summed E-state index contributed by atoms with van der Waals surface area (Å²) in [6, 6.07) is 6.26. The first-order valence-electron chi connectivity index (χ1n) is 7.98. The maximum absolute atomic E-state index is 11.2. The van der Waals surface area contributed by atoms with Gasteiger partial charge in [0.2, 0.25) is 0 Å². The van der Waals surface area contributed by atoms with E-state index in [9.17, 15) is 20.1 Å². The van der Waals surface area contributed by atoms with Crippen LogP contribution in [0.15, 0.2) is 45.1 Å². The maximum atomic E-state index is 11.2. The van der Waals surface area contributed by atoms with E-state index in [2.05, 4.69) is 0 Å². The van der Waals surface area contributed by atoms with Crippen molar-refractivity contribution >= 4 is 11.0 Å². The largest absolute Gasteiger partial charge is 0.508 e. The Morgan fingerprint density at radius 1 is 1.33 bits per heavy atom. The van der Waals surface area contributed by atoms with E-state index in [1.807, 2.05) is 13.0 Å². The van der Waals surface area contributed by atoms with Crippen LogP contribution in [-0.2, 0) is 6.42 Å². The zero-order valence-corrected chi connectivity index (χ0v) is 14.2. The normalized spacial score (nSPS) is 14.1. The van der Waals surface area contributed by atoms with Crippen molar-refractivity contribution in [2.24, 2.45) is 0 Å². The van der Waals surface area contributed by atoms with Gasteiger partial charge in [-0.15, -0.1) is 0 Å². The molecule has 0 amide bonds. The number of rotatable bonds is 6. The number of hydrogen-bond donors (Lipinski definition) is 3. The Bertz CT molecular complexity index is 795. The van der Waals surface area contributed by atoms with Gasteiger partial charge < -0.3 is 19.7 Å². The molecule has 2 rings (SSSR count). The van der Waals surface area contributed by atoms with E-state index in [1.54, 1.807) is 26.0 Å². The van der Waals surface area contributed by atoms with Crippen molar-refractivity contribution in [2.75, 3.05) is 0 Å². The summed E-state index contributed by atoms with van der Waals surface area (Å²) in [6.45, 7) is 5.12. The molecule has 0 spiro atoms. The lowest BCUT2D eigenvalue weighted by atomic mass is 9.95. The number of aliphatic hydroxyl groups is 2. The highest BCUT2D eigenvalue weighted by Crippen LogP contribution is 2.25. The highest BCUT2D eigenvalue weighted by atomic mass is 16.4. The van der Waals surface area contributed by atoms with Crippen molar-refractivity contribution in [3.8, 4) is 5.75 Å². The molecular weight excluding hydrogens is 308 g/mol. The van der Waals surface area contributed by atoms with Crippen molar-refractivity contribution in [3.63, 3.8) is 0 Å². The third kappa shape index (κ3) is 4.69. The molecule has 24 heavy (non-hydrogen) atoms. The summed E-state index contributed by atoms with van der Waals surface area (Å²) < 4.78 is 5.04. The fourth-order valence-electron chi connectivity index (χ4n) is 2.42. The first-order valence-corrected chi connectivity index (χ1v) is 7.98. The Morgan fingerprint density at radius 3 is 2.71 bits per heavy atom. The number of benzene rings is 1. The Hall–Kier alpha value is -2.11. The minimum atomic E-state index is -1.11. The molecule has 1 aromatic carbocycles. The zero-order chi connectivity index (χ0) is 17.9. The summed E-state index contributed by atoms with van der Waals surface area (Å²) in [5.41, 5.74) is 0.602.